The molecule has 8 heteroatoms. The molecule has 2 aromatic heterocycles. The van der Waals surface area contributed by atoms with E-state index < -0.39 is 9.84 Å². The SMILES string of the molecule is O=C(Nc1ncc(-c2ccc3cnccc3c2)s1)C1CCS(=O)(=O)CC1. The predicted molar refractivity (Wildman–Crippen MR) is 103 cm³/mol. The Labute approximate surface area is 155 Å². The zero-order chi connectivity index (χ0) is 18.1. The van der Waals surface area contributed by atoms with Crippen LogP contribution in [-0.2, 0) is 14.6 Å². The van der Waals surface area contributed by atoms with Crippen LogP contribution in [0.3, 0.4) is 0 Å². The van der Waals surface area contributed by atoms with Crippen molar-refractivity contribution >= 4 is 43.0 Å². The fourth-order valence-electron chi connectivity index (χ4n) is 3.06. The van der Waals surface area contributed by atoms with Crippen LogP contribution in [0.4, 0.5) is 5.13 Å². The van der Waals surface area contributed by atoms with E-state index in [0.29, 0.717) is 18.0 Å². The van der Waals surface area contributed by atoms with Gasteiger partial charge in [-0.1, -0.05) is 23.5 Å². The molecule has 1 amide bonds. The fourth-order valence-corrected chi connectivity index (χ4v) is 5.37. The number of rotatable bonds is 3. The molecule has 1 saturated heterocycles. The normalized spacial score (nSPS) is 17.2. The van der Waals surface area contributed by atoms with Gasteiger partial charge in [0.1, 0.15) is 9.84 Å². The van der Waals surface area contributed by atoms with E-state index in [1.165, 1.54) is 11.3 Å². The smallest absolute Gasteiger partial charge is 0.229 e. The Bertz CT molecular complexity index is 1060. The predicted octanol–water partition coefficient (Wildman–Crippen LogP) is 3.12. The van der Waals surface area contributed by atoms with Crippen molar-refractivity contribution in [3.8, 4) is 10.4 Å². The molecule has 3 heterocycles. The number of hydrogen-bond donors (Lipinski definition) is 1. The Morgan fingerprint density at radius 3 is 2.73 bits per heavy atom. The van der Waals surface area contributed by atoms with Crippen molar-refractivity contribution in [2.75, 3.05) is 16.8 Å². The second kappa shape index (κ2) is 6.77. The largest absolute Gasteiger partial charge is 0.302 e. The van der Waals surface area contributed by atoms with Crippen LogP contribution in [0.25, 0.3) is 21.2 Å². The Morgan fingerprint density at radius 2 is 1.92 bits per heavy atom. The van der Waals surface area contributed by atoms with E-state index >= 15 is 0 Å². The van der Waals surface area contributed by atoms with Gasteiger partial charge in [-0.2, -0.15) is 0 Å². The molecule has 0 unspecified atom stereocenters. The minimum atomic E-state index is -2.97. The highest BCUT2D eigenvalue weighted by Crippen LogP contribution is 2.31. The van der Waals surface area contributed by atoms with Gasteiger partial charge in [-0.05, 0) is 35.9 Å². The summed E-state index contributed by atoms with van der Waals surface area (Å²) in [6, 6.07) is 8.05. The maximum atomic E-state index is 12.4. The van der Waals surface area contributed by atoms with Gasteiger partial charge in [-0.3, -0.25) is 9.78 Å². The number of thiazole rings is 1. The zero-order valence-corrected chi connectivity index (χ0v) is 15.5. The number of hydrogen-bond acceptors (Lipinski definition) is 6. The van der Waals surface area contributed by atoms with Gasteiger partial charge >= 0.3 is 0 Å². The molecule has 0 bridgehead atoms. The van der Waals surface area contributed by atoms with Gasteiger partial charge in [0.15, 0.2) is 5.13 Å². The van der Waals surface area contributed by atoms with E-state index in [9.17, 15) is 13.2 Å². The first-order valence-corrected chi connectivity index (χ1v) is 11.0. The third-order valence-corrected chi connectivity index (χ3v) is 7.26. The molecule has 1 N–H and O–H groups in total. The fraction of sp³-hybridized carbons (Fsp3) is 0.278. The molecule has 0 atom stereocenters. The van der Waals surface area contributed by atoms with Crippen molar-refractivity contribution in [1.29, 1.82) is 0 Å². The van der Waals surface area contributed by atoms with Crippen LogP contribution in [0, 0.1) is 5.92 Å². The first-order valence-electron chi connectivity index (χ1n) is 8.31. The average Bonchev–Trinajstić information content (AvgIpc) is 3.09. The standard InChI is InChI=1S/C18H17N3O3S2/c22-17(12-4-7-26(23,24)8-5-12)21-18-20-11-16(25-18)14-1-2-15-10-19-6-3-13(15)9-14/h1-3,6,9-12H,4-5,7-8H2,(H,20,21,22). The van der Waals surface area contributed by atoms with Gasteiger partial charge in [-0.25, -0.2) is 13.4 Å². The molecule has 26 heavy (non-hydrogen) atoms. The van der Waals surface area contributed by atoms with Crippen LogP contribution in [0.2, 0.25) is 0 Å². The number of benzene rings is 1. The minimum absolute atomic E-state index is 0.0835. The van der Waals surface area contributed by atoms with E-state index in [1.54, 1.807) is 12.4 Å². The lowest BCUT2D eigenvalue weighted by molar-refractivity contribution is -0.120. The molecule has 0 spiro atoms. The highest BCUT2D eigenvalue weighted by molar-refractivity contribution is 7.91. The summed E-state index contributed by atoms with van der Waals surface area (Å²) < 4.78 is 23.0. The summed E-state index contributed by atoms with van der Waals surface area (Å²) in [5.74, 6) is -0.246. The number of fused-ring (bicyclic) bond motifs is 1. The van der Waals surface area contributed by atoms with Crippen molar-refractivity contribution in [3.63, 3.8) is 0 Å². The number of carbonyl (C=O) groups excluding carboxylic acids is 1. The van der Waals surface area contributed by atoms with Gasteiger partial charge in [0.05, 0.1) is 16.4 Å². The first-order chi connectivity index (χ1) is 12.5. The molecule has 0 aliphatic carbocycles. The van der Waals surface area contributed by atoms with Crippen molar-refractivity contribution in [3.05, 3.63) is 42.9 Å². The van der Waals surface area contributed by atoms with E-state index in [0.717, 1.165) is 21.2 Å². The topological polar surface area (TPSA) is 89.0 Å². The maximum Gasteiger partial charge on any atom is 0.229 e. The Kier molecular flexibility index (Phi) is 4.46. The van der Waals surface area contributed by atoms with Crippen LogP contribution in [0.1, 0.15) is 12.8 Å². The van der Waals surface area contributed by atoms with Crippen LogP contribution in [0.15, 0.2) is 42.9 Å². The molecule has 134 valence electrons. The number of nitrogens with one attached hydrogen (secondary N) is 1. The third kappa shape index (κ3) is 3.61. The van der Waals surface area contributed by atoms with E-state index in [2.05, 4.69) is 21.4 Å². The summed E-state index contributed by atoms with van der Waals surface area (Å²) in [4.78, 5) is 21.7. The lowest BCUT2D eigenvalue weighted by atomic mass is 10.0. The molecule has 1 fully saturated rings. The van der Waals surface area contributed by atoms with E-state index in [4.69, 9.17) is 0 Å². The highest BCUT2D eigenvalue weighted by atomic mass is 32.2. The van der Waals surface area contributed by atoms with Crippen LogP contribution in [-0.4, -0.2) is 35.8 Å². The molecular weight excluding hydrogens is 370 g/mol. The van der Waals surface area contributed by atoms with Crippen molar-refractivity contribution in [2.24, 2.45) is 5.92 Å². The zero-order valence-electron chi connectivity index (χ0n) is 13.9. The average molecular weight is 387 g/mol. The number of sulfone groups is 1. The molecule has 1 aromatic carbocycles. The molecule has 1 aliphatic heterocycles. The van der Waals surface area contributed by atoms with Gasteiger partial charge in [0.2, 0.25) is 5.91 Å². The summed E-state index contributed by atoms with van der Waals surface area (Å²) in [7, 11) is -2.97. The van der Waals surface area contributed by atoms with Crippen molar-refractivity contribution in [2.45, 2.75) is 12.8 Å². The number of pyridine rings is 1. The summed E-state index contributed by atoms with van der Waals surface area (Å²) in [5.41, 5.74) is 1.03. The monoisotopic (exact) mass is 387 g/mol. The maximum absolute atomic E-state index is 12.4. The Morgan fingerprint density at radius 1 is 1.12 bits per heavy atom. The summed E-state index contributed by atoms with van der Waals surface area (Å²) >= 11 is 1.41. The molecule has 1 aliphatic rings. The first kappa shape index (κ1) is 17.1. The lowest BCUT2D eigenvalue weighted by Crippen LogP contribution is -2.31. The van der Waals surface area contributed by atoms with Crippen molar-refractivity contribution in [1.82, 2.24) is 9.97 Å². The van der Waals surface area contributed by atoms with Crippen molar-refractivity contribution < 1.29 is 13.2 Å². The lowest BCUT2D eigenvalue weighted by Gasteiger charge is -2.20. The van der Waals surface area contributed by atoms with Gasteiger partial charge in [-0.15, -0.1) is 0 Å². The Hall–Kier alpha value is -2.32. The van der Waals surface area contributed by atoms with Gasteiger partial charge in [0, 0.05) is 29.9 Å². The van der Waals surface area contributed by atoms with Crippen LogP contribution >= 0.6 is 11.3 Å². The molecule has 6 nitrogen and oxygen atoms in total. The third-order valence-electron chi connectivity index (χ3n) is 4.59. The van der Waals surface area contributed by atoms with Gasteiger partial charge < -0.3 is 5.32 Å². The highest BCUT2D eigenvalue weighted by Gasteiger charge is 2.28. The molecule has 0 radical (unpaired) electrons. The number of amides is 1. The molecule has 4 rings (SSSR count). The molecule has 3 aromatic rings. The Balaban J connectivity index is 1.48. The molecule has 0 saturated carbocycles. The second-order valence-electron chi connectivity index (χ2n) is 6.38. The number of carbonyl (C=O) groups is 1. The van der Waals surface area contributed by atoms with E-state index in [-0.39, 0.29) is 23.3 Å². The van der Waals surface area contributed by atoms with Crippen LogP contribution < -0.4 is 5.32 Å². The van der Waals surface area contributed by atoms with E-state index in [1.807, 2.05) is 24.4 Å². The number of anilines is 1. The van der Waals surface area contributed by atoms with Crippen LogP contribution in [0.5, 0.6) is 0 Å². The second-order valence-corrected chi connectivity index (χ2v) is 9.72. The summed E-state index contributed by atoms with van der Waals surface area (Å²) in [6.45, 7) is 0. The van der Waals surface area contributed by atoms with Gasteiger partial charge in [0.25, 0.3) is 0 Å². The number of aromatic nitrogens is 2. The number of nitrogens with zero attached hydrogens (tertiary/aromatic N) is 2. The quantitative estimate of drug-likeness (QED) is 0.746. The summed E-state index contributed by atoms with van der Waals surface area (Å²) in [5, 5.41) is 5.53. The summed E-state index contributed by atoms with van der Waals surface area (Å²) in [6.07, 6.45) is 6.08. The molecular formula is C18H17N3O3S2. The minimum Gasteiger partial charge on any atom is -0.302 e.